The number of para-hydroxylation sites is 2. The number of amides is 1. The van der Waals surface area contributed by atoms with Crippen molar-refractivity contribution in [1.82, 2.24) is 9.97 Å². The highest BCUT2D eigenvalue weighted by molar-refractivity contribution is 6.33. The van der Waals surface area contributed by atoms with Gasteiger partial charge in [-0.05, 0) is 36.1 Å². The summed E-state index contributed by atoms with van der Waals surface area (Å²) in [5.74, 6) is 0.502. The molecule has 5 nitrogen and oxygen atoms in total. The van der Waals surface area contributed by atoms with E-state index < -0.39 is 0 Å². The van der Waals surface area contributed by atoms with Crippen LogP contribution in [0.25, 0.3) is 0 Å². The maximum absolute atomic E-state index is 12.4. The third-order valence-corrected chi connectivity index (χ3v) is 4.53. The Balaban J connectivity index is 1.77. The highest BCUT2D eigenvalue weighted by Crippen LogP contribution is 2.29. The fourth-order valence-corrected chi connectivity index (χ4v) is 2.90. The van der Waals surface area contributed by atoms with Gasteiger partial charge in [0.15, 0.2) is 0 Å². The van der Waals surface area contributed by atoms with Crippen molar-refractivity contribution in [2.45, 2.75) is 26.7 Å². The Morgan fingerprint density at radius 2 is 1.74 bits per heavy atom. The van der Waals surface area contributed by atoms with Gasteiger partial charge >= 0.3 is 0 Å². The van der Waals surface area contributed by atoms with Gasteiger partial charge in [0.2, 0.25) is 5.95 Å². The Hall–Kier alpha value is -2.92. The maximum atomic E-state index is 12.4. The van der Waals surface area contributed by atoms with E-state index in [2.05, 4.69) is 40.5 Å². The average Bonchev–Trinajstić information content (AvgIpc) is 2.65. The lowest BCUT2D eigenvalue weighted by atomic mass is 9.98. The van der Waals surface area contributed by atoms with Crippen molar-refractivity contribution >= 4 is 34.8 Å². The van der Waals surface area contributed by atoms with E-state index in [9.17, 15) is 4.79 Å². The molecular weight excluding hydrogens is 360 g/mol. The lowest BCUT2D eigenvalue weighted by Gasteiger charge is -2.16. The van der Waals surface area contributed by atoms with Crippen LogP contribution in [0, 0.1) is 6.92 Å². The molecule has 0 spiro atoms. The summed E-state index contributed by atoms with van der Waals surface area (Å²) in [5, 5.41) is 6.51. The SMILES string of the molecule is Cc1cccc(C(C)C)c1Nc1ncc(C(=O)Nc2ccccc2Cl)cn1. The predicted molar refractivity (Wildman–Crippen MR) is 110 cm³/mol. The first-order chi connectivity index (χ1) is 13.0. The molecule has 2 N–H and O–H groups in total. The largest absolute Gasteiger partial charge is 0.324 e. The standard InChI is InChI=1S/C21H21ClN4O/c1-13(2)16-8-6-7-14(3)19(16)26-21-23-11-15(12-24-21)20(27)25-18-10-5-4-9-17(18)22/h4-13H,1-3H3,(H,25,27)(H,23,24,26). The van der Waals surface area contributed by atoms with Crippen LogP contribution in [0.15, 0.2) is 54.9 Å². The number of benzene rings is 2. The smallest absolute Gasteiger partial charge is 0.258 e. The summed E-state index contributed by atoms with van der Waals surface area (Å²) < 4.78 is 0. The molecule has 2 aromatic carbocycles. The minimum absolute atomic E-state index is 0.312. The van der Waals surface area contributed by atoms with Gasteiger partial charge in [0.25, 0.3) is 5.91 Å². The highest BCUT2D eigenvalue weighted by Gasteiger charge is 2.12. The fraction of sp³-hybridized carbons (Fsp3) is 0.190. The van der Waals surface area contributed by atoms with Crippen LogP contribution in [0.1, 0.15) is 41.3 Å². The zero-order valence-electron chi connectivity index (χ0n) is 15.5. The lowest BCUT2D eigenvalue weighted by Crippen LogP contribution is -2.13. The quantitative estimate of drug-likeness (QED) is 0.608. The summed E-state index contributed by atoms with van der Waals surface area (Å²) >= 11 is 6.07. The molecule has 138 valence electrons. The second kappa shape index (κ2) is 8.18. The number of carbonyl (C=O) groups is 1. The zero-order chi connectivity index (χ0) is 19.4. The summed E-state index contributed by atoms with van der Waals surface area (Å²) in [4.78, 5) is 20.9. The minimum atomic E-state index is -0.312. The van der Waals surface area contributed by atoms with Gasteiger partial charge in [0.05, 0.1) is 16.3 Å². The van der Waals surface area contributed by atoms with Crippen LogP contribution in [0.4, 0.5) is 17.3 Å². The Labute approximate surface area is 163 Å². The molecule has 0 atom stereocenters. The third-order valence-electron chi connectivity index (χ3n) is 4.20. The Morgan fingerprint density at radius 3 is 2.41 bits per heavy atom. The molecule has 1 heterocycles. The highest BCUT2D eigenvalue weighted by atomic mass is 35.5. The fourth-order valence-electron chi connectivity index (χ4n) is 2.72. The number of nitrogens with one attached hydrogen (secondary N) is 2. The number of halogens is 1. The third kappa shape index (κ3) is 4.44. The molecule has 0 saturated carbocycles. The number of hydrogen-bond acceptors (Lipinski definition) is 4. The average molecular weight is 381 g/mol. The molecule has 27 heavy (non-hydrogen) atoms. The van der Waals surface area contributed by atoms with E-state index in [0.717, 1.165) is 11.3 Å². The molecule has 0 radical (unpaired) electrons. The number of hydrogen-bond donors (Lipinski definition) is 2. The van der Waals surface area contributed by atoms with E-state index in [0.29, 0.717) is 28.1 Å². The van der Waals surface area contributed by atoms with Crippen LogP contribution in [0.2, 0.25) is 5.02 Å². The molecule has 3 aromatic rings. The second-order valence-electron chi connectivity index (χ2n) is 6.55. The van der Waals surface area contributed by atoms with Gasteiger partial charge in [-0.3, -0.25) is 4.79 Å². The number of rotatable bonds is 5. The van der Waals surface area contributed by atoms with Crippen LogP contribution < -0.4 is 10.6 Å². The summed E-state index contributed by atoms with van der Waals surface area (Å²) in [6, 6.07) is 13.2. The van der Waals surface area contributed by atoms with Crippen LogP contribution in [-0.2, 0) is 0 Å². The van der Waals surface area contributed by atoms with Gasteiger partial charge in [0.1, 0.15) is 0 Å². The van der Waals surface area contributed by atoms with Gasteiger partial charge < -0.3 is 10.6 Å². The topological polar surface area (TPSA) is 66.9 Å². The Bertz CT molecular complexity index is 955. The lowest BCUT2D eigenvalue weighted by molar-refractivity contribution is 0.102. The van der Waals surface area contributed by atoms with Crippen molar-refractivity contribution in [2.24, 2.45) is 0 Å². The van der Waals surface area contributed by atoms with E-state index in [-0.39, 0.29) is 5.91 Å². The number of aryl methyl sites for hydroxylation is 1. The van der Waals surface area contributed by atoms with Gasteiger partial charge in [-0.15, -0.1) is 0 Å². The normalized spacial score (nSPS) is 10.7. The molecule has 0 fully saturated rings. The number of nitrogens with zero attached hydrogens (tertiary/aromatic N) is 2. The monoisotopic (exact) mass is 380 g/mol. The molecule has 0 aliphatic rings. The first-order valence-electron chi connectivity index (χ1n) is 8.70. The molecule has 0 bridgehead atoms. The molecule has 6 heteroatoms. The second-order valence-corrected chi connectivity index (χ2v) is 6.96. The van der Waals surface area contributed by atoms with Crippen molar-refractivity contribution in [2.75, 3.05) is 10.6 Å². The maximum Gasteiger partial charge on any atom is 0.258 e. The minimum Gasteiger partial charge on any atom is -0.324 e. The van der Waals surface area contributed by atoms with Gasteiger partial charge in [-0.25, -0.2) is 9.97 Å². The Morgan fingerprint density at radius 1 is 1.04 bits per heavy atom. The number of anilines is 3. The van der Waals surface area contributed by atoms with Gasteiger partial charge in [0, 0.05) is 18.1 Å². The predicted octanol–water partition coefficient (Wildman–Crippen LogP) is 5.56. The molecule has 3 rings (SSSR count). The number of aromatic nitrogens is 2. The molecule has 1 amide bonds. The van der Waals surface area contributed by atoms with E-state index in [1.807, 2.05) is 19.1 Å². The number of carbonyl (C=O) groups excluding carboxylic acids is 1. The molecule has 0 unspecified atom stereocenters. The van der Waals surface area contributed by atoms with E-state index in [1.165, 1.54) is 18.0 Å². The van der Waals surface area contributed by atoms with Crippen LogP contribution in [0.5, 0.6) is 0 Å². The van der Waals surface area contributed by atoms with E-state index in [1.54, 1.807) is 24.3 Å². The summed E-state index contributed by atoms with van der Waals surface area (Å²) in [5.41, 5.74) is 4.22. The van der Waals surface area contributed by atoms with Crippen LogP contribution >= 0.6 is 11.6 Å². The van der Waals surface area contributed by atoms with Gasteiger partial charge in [-0.1, -0.05) is 55.8 Å². The van der Waals surface area contributed by atoms with Crippen molar-refractivity contribution in [1.29, 1.82) is 0 Å². The molecule has 0 saturated heterocycles. The van der Waals surface area contributed by atoms with Crippen LogP contribution in [0.3, 0.4) is 0 Å². The zero-order valence-corrected chi connectivity index (χ0v) is 16.2. The summed E-state index contributed by atoms with van der Waals surface area (Å²) in [6.07, 6.45) is 2.99. The molecule has 0 aliphatic carbocycles. The molecule has 0 aliphatic heterocycles. The van der Waals surface area contributed by atoms with Gasteiger partial charge in [-0.2, -0.15) is 0 Å². The van der Waals surface area contributed by atoms with Crippen molar-refractivity contribution in [3.8, 4) is 0 Å². The van der Waals surface area contributed by atoms with E-state index in [4.69, 9.17) is 11.6 Å². The van der Waals surface area contributed by atoms with Crippen molar-refractivity contribution in [3.05, 3.63) is 76.6 Å². The van der Waals surface area contributed by atoms with E-state index >= 15 is 0 Å². The molecular formula is C21H21ClN4O. The molecule has 1 aromatic heterocycles. The Kier molecular flexibility index (Phi) is 5.72. The summed E-state index contributed by atoms with van der Waals surface area (Å²) in [6.45, 7) is 6.32. The van der Waals surface area contributed by atoms with Crippen LogP contribution in [-0.4, -0.2) is 15.9 Å². The summed E-state index contributed by atoms with van der Waals surface area (Å²) in [7, 11) is 0. The van der Waals surface area contributed by atoms with Crippen molar-refractivity contribution < 1.29 is 4.79 Å². The first kappa shape index (κ1) is 18.9. The van der Waals surface area contributed by atoms with Crippen molar-refractivity contribution in [3.63, 3.8) is 0 Å². The first-order valence-corrected chi connectivity index (χ1v) is 9.08.